The largest absolute Gasteiger partial charge is 0.396 e. The van der Waals surface area contributed by atoms with E-state index in [2.05, 4.69) is 5.32 Å². The molecule has 5 nitrogen and oxygen atoms in total. The zero-order valence-electron chi connectivity index (χ0n) is 18.3. The van der Waals surface area contributed by atoms with Crippen molar-refractivity contribution in [2.45, 2.75) is 19.3 Å². The molecule has 1 heterocycles. The number of rotatable bonds is 6. The summed E-state index contributed by atoms with van der Waals surface area (Å²) >= 11 is 12.6. The first-order valence-electron chi connectivity index (χ1n) is 11.0. The number of benzene rings is 3. The first kappa shape index (κ1) is 24.2. The van der Waals surface area contributed by atoms with Crippen LogP contribution in [0.4, 0.5) is 10.1 Å². The Kier molecular flexibility index (Phi) is 7.51. The van der Waals surface area contributed by atoms with Gasteiger partial charge in [0.2, 0.25) is 0 Å². The zero-order valence-corrected chi connectivity index (χ0v) is 19.8. The van der Waals surface area contributed by atoms with Crippen molar-refractivity contribution in [3.05, 3.63) is 87.2 Å². The summed E-state index contributed by atoms with van der Waals surface area (Å²) in [5.41, 5.74) is 3.46. The molecule has 0 aliphatic carbocycles. The second-order valence-corrected chi connectivity index (χ2v) is 8.84. The van der Waals surface area contributed by atoms with Crippen molar-refractivity contribution >= 4 is 40.7 Å². The van der Waals surface area contributed by atoms with Gasteiger partial charge in [0.05, 0.1) is 10.6 Å². The Hall–Kier alpha value is -2.93. The van der Waals surface area contributed by atoms with Gasteiger partial charge in [0.25, 0.3) is 11.8 Å². The third-order valence-corrected chi connectivity index (χ3v) is 6.42. The first-order chi connectivity index (χ1) is 16.4. The number of halogens is 3. The molecule has 2 amide bonds. The second kappa shape index (κ2) is 10.6. The lowest BCUT2D eigenvalue weighted by molar-refractivity contribution is 0.0949. The summed E-state index contributed by atoms with van der Waals surface area (Å²) in [7, 11) is 0. The van der Waals surface area contributed by atoms with Crippen molar-refractivity contribution in [2.75, 3.05) is 24.6 Å². The second-order valence-electron chi connectivity index (χ2n) is 8.03. The fraction of sp³-hybridized carbons (Fsp3) is 0.231. The number of nitrogens with zero attached hydrogens (tertiary/aromatic N) is 1. The van der Waals surface area contributed by atoms with Gasteiger partial charge in [-0.1, -0.05) is 35.3 Å². The van der Waals surface area contributed by atoms with E-state index in [-0.39, 0.29) is 23.1 Å². The molecule has 0 unspecified atom stereocenters. The highest BCUT2D eigenvalue weighted by atomic mass is 35.5. The molecule has 1 aliphatic rings. The molecule has 0 atom stereocenters. The number of carbonyl (C=O) groups excluding carboxylic acids is 2. The average Bonchev–Trinajstić information content (AvgIpc) is 2.83. The Bertz CT molecular complexity index is 1230. The van der Waals surface area contributed by atoms with Crippen molar-refractivity contribution in [3.8, 4) is 11.1 Å². The lowest BCUT2D eigenvalue weighted by Gasteiger charge is -2.30. The van der Waals surface area contributed by atoms with Gasteiger partial charge in [-0.15, -0.1) is 0 Å². The summed E-state index contributed by atoms with van der Waals surface area (Å²) in [6.07, 6.45) is 1.94. The van der Waals surface area contributed by atoms with E-state index in [1.165, 1.54) is 18.2 Å². The van der Waals surface area contributed by atoms with Gasteiger partial charge in [-0.25, -0.2) is 4.39 Å². The molecule has 1 aliphatic heterocycles. The van der Waals surface area contributed by atoms with Crippen molar-refractivity contribution in [2.24, 2.45) is 0 Å². The number of aliphatic hydroxyl groups excluding tert-OH is 1. The molecule has 0 saturated heterocycles. The Morgan fingerprint density at radius 2 is 1.88 bits per heavy atom. The van der Waals surface area contributed by atoms with Gasteiger partial charge in [-0.2, -0.15) is 0 Å². The first-order valence-corrected chi connectivity index (χ1v) is 11.7. The minimum Gasteiger partial charge on any atom is -0.396 e. The fourth-order valence-corrected chi connectivity index (χ4v) is 4.55. The highest BCUT2D eigenvalue weighted by Crippen LogP contribution is 2.36. The zero-order chi connectivity index (χ0) is 24.2. The van der Waals surface area contributed by atoms with E-state index in [0.29, 0.717) is 41.3 Å². The van der Waals surface area contributed by atoms with E-state index in [9.17, 15) is 14.0 Å². The van der Waals surface area contributed by atoms with Crippen LogP contribution in [0.2, 0.25) is 10.0 Å². The summed E-state index contributed by atoms with van der Waals surface area (Å²) < 4.78 is 14.4. The summed E-state index contributed by atoms with van der Waals surface area (Å²) in [6, 6.07) is 14.8. The average molecular weight is 501 g/mol. The molecule has 34 heavy (non-hydrogen) atoms. The van der Waals surface area contributed by atoms with E-state index in [0.717, 1.165) is 24.0 Å². The van der Waals surface area contributed by atoms with Crippen LogP contribution in [0.15, 0.2) is 54.6 Å². The molecular weight excluding hydrogens is 478 g/mol. The maximum atomic E-state index is 14.4. The van der Waals surface area contributed by atoms with Crippen LogP contribution in [0.1, 0.15) is 39.1 Å². The lowest BCUT2D eigenvalue weighted by Crippen LogP contribution is -2.36. The minimum absolute atomic E-state index is 0.00388. The Morgan fingerprint density at radius 1 is 1.06 bits per heavy atom. The molecule has 4 rings (SSSR count). The monoisotopic (exact) mass is 500 g/mol. The molecule has 8 heteroatoms. The van der Waals surface area contributed by atoms with E-state index < -0.39 is 11.7 Å². The third-order valence-electron chi connectivity index (χ3n) is 5.78. The van der Waals surface area contributed by atoms with Crippen molar-refractivity contribution in [1.82, 2.24) is 5.32 Å². The van der Waals surface area contributed by atoms with Crippen molar-refractivity contribution in [1.29, 1.82) is 0 Å². The molecule has 0 bridgehead atoms. The van der Waals surface area contributed by atoms with Gasteiger partial charge in [-0.3, -0.25) is 9.59 Å². The number of nitrogens with one attached hydrogen (secondary N) is 1. The molecule has 176 valence electrons. The summed E-state index contributed by atoms with van der Waals surface area (Å²) in [6.45, 7) is 0.839. The third kappa shape index (κ3) is 4.94. The van der Waals surface area contributed by atoms with Crippen LogP contribution in [0, 0.1) is 5.82 Å². The highest BCUT2D eigenvalue weighted by Gasteiger charge is 2.27. The number of aliphatic hydroxyl groups is 1. The molecule has 0 spiro atoms. The number of fused-ring (bicyclic) bond motifs is 1. The van der Waals surface area contributed by atoms with Crippen LogP contribution in [-0.2, 0) is 6.42 Å². The number of hydrogen-bond donors (Lipinski definition) is 2. The number of hydrogen-bond acceptors (Lipinski definition) is 3. The number of aryl methyl sites for hydroxylation is 1. The molecule has 2 N–H and O–H groups in total. The van der Waals surface area contributed by atoms with Gasteiger partial charge >= 0.3 is 0 Å². The molecule has 0 aromatic heterocycles. The topological polar surface area (TPSA) is 69.6 Å². The van der Waals surface area contributed by atoms with Gasteiger partial charge in [0, 0.05) is 41.5 Å². The quantitative estimate of drug-likeness (QED) is 0.438. The minimum atomic E-state index is -0.651. The molecule has 0 saturated carbocycles. The van der Waals surface area contributed by atoms with E-state index in [1.807, 2.05) is 18.2 Å². The van der Waals surface area contributed by atoms with E-state index in [4.69, 9.17) is 28.3 Å². The van der Waals surface area contributed by atoms with Crippen LogP contribution in [0.3, 0.4) is 0 Å². The predicted molar refractivity (Wildman–Crippen MR) is 132 cm³/mol. The fourth-order valence-electron chi connectivity index (χ4n) is 4.08. The van der Waals surface area contributed by atoms with Crippen molar-refractivity contribution in [3.63, 3.8) is 0 Å². The van der Waals surface area contributed by atoms with Gasteiger partial charge < -0.3 is 15.3 Å². The highest BCUT2D eigenvalue weighted by molar-refractivity contribution is 6.34. The maximum Gasteiger partial charge on any atom is 0.262 e. The van der Waals surface area contributed by atoms with E-state index >= 15 is 0 Å². The molecule has 0 radical (unpaired) electrons. The van der Waals surface area contributed by atoms with Crippen LogP contribution in [-0.4, -0.2) is 36.6 Å². The van der Waals surface area contributed by atoms with Gasteiger partial charge in [0.15, 0.2) is 0 Å². The maximum absolute atomic E-state index is 14.4. The van der Waals surface area contributed by atoms with Crippen LogP contribution < -0.4 is 10.2 Å². The van der Waals surface area contributed by atoms with E-state index in [1.54, 1.807) is 23.1 Å². The normalized spacial score (nSPS) is 12.9. The van der Waals surface area contributed by atoms with Gasteiger partial charge in [0.1, 0.15) is 5.82 Å². The smallest absolute Gasteiger partial charge is 0.262 e. The SMILES string of the molecule is O=C(NCCCO)c1ccc(Cl)c(-c2ccc3c(c2)CCCN3C(=O)c2c(F)cccc2Cl)c1. The lowest BCUT2D eigenvalue weighted by atomic mass is 9.94. The Balaban J connectivity index is 1.65. The molecule has 3 aromatic carbocycles. The molecule has 3 aromatic rings. The Labute approximate surface area is 207 Å². The summed E-state index contributed by atoms with van der Waals surface area (Å²) in [5.74, 6) is -1.37. The van der Waals surface area contributed by atoms with Crippen molar-refractivity contribution < 1.29 is 19.1 Å². The standard InChI is InChI=1S/C26H23Cl2FN2O3/c27-20-9-7-18(25(33)30-11-3-13-32)15-19(20)16-8-10-23-17(14-16)4-2-12-31(23)26(34)24-21(28)5-1-6-22(24)29/h1,5-10,14-15,32H,2-4,11-13H2,(H,30,33). The molecule has 0 fully saturated rings. The van der Waals surface area contributed by atoms with Crippen LogP contribution in [0.5, 0.6) is 0 Å². The van der Waals surface area contributed by atoms with Crippen LogP contribution >= 0.6 is 23.2 Å². The summed E-state index contributed by atoms with van der Waals surface area (Å²) in [5, 5.41) is 12.2. The Morgan fingerprint density at radius 3 is 2.65 bits per heavy atom. The number of carbonyl (C=O) groups is 2. The van der Waals surface area contributed by atoms with Gasteiger partial charge in [-0.05, 0) is 72.9 Å². The number of anilines is 1. The molecular formula is C26H23Cl2FN2O3. The van der Waals surface area contributed by atoms with Crippen LogP contribution in [0.25, 0.3) is 11.1 Å². The predicted octanol–water partition coefficient (Wildman–Crippen LogP) is 5.50. The summed E-state index contributed by atoms with van der Waals surface area (Å²) in [4.78, 5) is 27.1. The number of amides is 2.